The normalized spacial score (nSPS) is 26.3. The summed E-state index contributed by atoms with van der Waals surface area (Å²) in [6.07, 6.45) is 3.41. The summed E-state index contributed by atoms with van der Waals surface area (Å²) in [6.45, 7) is 3.17. The molecule has 146 valence electrons. The lowest BCUT2D eigenvalue weighted by Crippen LogP contribution is -2.57. The number of hydrogen-bond acceptors (Lipinski definition) is 4. The van der Waals surface area contributed by atoms with Gasteiger partial charge in [-0.3, -0.25) is 14.5 Å². The summed E-state index contributed by atoms with van der Waals surface area (Å²) in [5, 5.41) is 5.17. The maximum absolute atomic E-state index is 13.0. The number of amides is 2. The Morgan fingerprint density at radius 3 is 2.68 bits per heavy atom. The lowest BCUT2D eigenvalue weighted by molar-refractivity contribution is 0.0493. The van der Waals surface area contributed by atoms with Crippen LogP contribution in [0.1, 0.15) is 50.8 Å². The van der Waals surface area contributed by atoms with Crippen LogP contribution in [0.25, 0.3) is 0 Å². The number of piperazine rings is 1. The first-order chi connectivity index (χ1) is 13.7. The van der Waals surface area contributed by atoms with Gasteiger partial charge < -0.3 is 10.2 Å². The van der Waals surface area contributed by atoms with Crippen LogP contribution in [0.5, 0.6) is 0 Å². The summed E-state index contributed by atoms with van der Waals surface area (Å²) in [7, 11) is 0. The third-order valence-corrected chi connectivity index (χ3v) is 7.19. The number of thiophene rings is 1. The van der Waals surface area contributed by atoms with Crippen LogP contribution in [-0.4, -0.2) is 59.9 Å². The van der Waals surface area contributed by atoms with E-state index in [-0.39, 0.29) is 17.9 Å². The van der Waals surface area contributed by atoms with Crippen LogP contribution in [0, 0.1) is 0 Å². The van der Waals surface area contributed by atoms with E-state index in [2.05, 4.69) is 16.3 Å². The van der Waals surface area contributed by atoms with E-state index in [9.17, 15) is 9.59 Å². The minimum absolute atomic E-state index is 0.0409. The Hall–Kier alpha value is -2.18. The van der Waals surface area contributed by atoms with Crippen LogP contribution in [0.3, 0.4) is 0 Å². The Balaban J connectivity index is 1.26. The van der Waals surface area contributed by atoms with Crippen molar-refractivity contribution in [3.05, 3.63) is 57.8 Å². The van der Waals surface area contributed by atoms with E-state index in [1.54, 1.807) is 0 Å². The van der Waals surface area contributed by atoms with Crippen LogP contribution in [0.15, 0.2) is 41.8 Å². The Labute approximate surface area is 169 Å². The lowest BCUT2D eigenvalue weighted by Gasteiger charge is -2.40. The Morgan fingerprint density at radius 2 is 1.89 bits per heavy atom. The van der Waals surface area contributed by atoms with E-state index in [1.807, 2.05) is 40.6 Å². The molecule has 6 heteroatoms. The van der Waals surface area contributed by atoms with Gasteiger partial charge >= 0.3 is 0 Å². The zero-order chi connectivity index (χ0) is 19.1. The first-order valence-corrected chi connectivity index (χ1v) is 11.0. The molecule has 2 amide bonds. The van der Waals surface area contributed by atoms with Crippen LogP contribution in [0.2, 0.25) is 0 Å². The highest BCUT2D eigenvalue weighted by atomic mass is 32.1. The summed E-state index contributed by atoms with van der Waals surface area (Å²) >= 11 is 1.54. The molecule has 2 bridgehead atoms. The van der Waals surface area contributed by atoms with Crippen molar-refractivity contribution in [2.45, 2.75) is 37.3 Å². The molecule has 3 heterocycles. The molecule has 1 aromatic carbocycles. The van der Waals surface area contributed by atoms with Crippen molar-refractivity contribution < 1.29 is 9.59 Å². The number of hydrogen-bond donors (Lipinski definition) is 1. The molecule has 3 aliphatic rings. The molecule has 1 aromatic heterocycles. The van der Waals surface area contributed by atoms with E-state index in [4.69, 9.17) is 0 Å². The SMILES string of the molecule is O=C(NCC1CN(C(=O)c2ccccc2)C2CCN1C2)c1sccc1C1CC1. The van der Waals surface area contributed by atoms with Gasteiger partial charge in [-0.25, -0.2) is 0 Å². The predicted molar refractivity (Wildman–Crippen MR) is 110 cm³/mol. The molecule has 1 saturated carbocycles. The van der Waals surface area contributed by atoms with Gasteiger partial charge in [-0.1, -0.05) is 18.2 Å². The number of rotatable bonds is 5. The topological polar surface area (TPSA) is 52.7 Å². The monoisotopic (exact) mass is 395 g/mol. The summed E-state index contributed by atoms with van der Waals surface area (Å²) in [5.41, 5.74) is 1.96. The highest BCUT2D eigenvalue weighted by molar-refractivity contribution is 7.12. The van der Waals surface area contributed by atoms with Gasteiger partial charge in [0.25, 0.3) is 11.8 Å². The summed E-state index contributed by atoms with van der Waals surface area (Å²) in [4.78, 5) is 31.1. The average Bonchev–Trinajstić information content (AvgIpc) is 3.31. The van der Waals surface area contributed by atoms with Crippen molar-refractivity contribution in [1.29, 1.82) is 0 Å². The number of benzene rings is 1. The van der Waals surface area contributed by atoms with Gasteiger partial charge in [-0.15, -0.1) is 11.3 Å². The smallest absolute Gasteiger partial charge is 0.261 e. The van der Waals surface area contributed by atoms with Gasteiger partial charge in [0.05, 0.1) is 4.88 Å². The van der Waals surface area contributed by atoms with Gasteiger partial charge in [0.2, 0.25) is 0 Å². The second kappa shape index (κ2) is 7.33. The summed E-state index contributed by atoms with van der Waals surface area (Å²) in [5.74, 6) is 0.733. The summed E-state index contributed by atoms with van der Waals surface area (Å²) in [6, 6.07) is 12.1. The second-order valence-corrected chi connectivity index (χ2v) is 9.02. The van der Waals surface area contributed by atoms with Crippen molar-refractivity contribution in [2.24, 2.45) is 0 Å². The first kappa shape index (κ1) is 17.9. The maximum Gasteiger partial charge on any atom is 0.261 e. The van der Waals surface area contributed by atoms with Crippen LogP contribution < -0.4 is 5.32 Å². The van der Waals surface area contributed by atoms with Crippen LogP contribution >= 0.6 is 11.3 Å². The highest BCUT2D eigenvalue weighted by Gasteiger charge is 2.41. The minimum atomic E-state index is 0.0409. The average molecular weight is 396 g/mol. The number of carbonyl (C=O) groups is 2. The molecule has 1 N–H and O–H groups in total. The maximum atomic E-state index is 13.0. The Morgan fingerprint density at radius 1 is 1.07 bits per heavy atom. The summed E-state index contributed by atoms with van der Waals surface area (Å²) < 4.78 is 0. The Bertz CT molecular complexity index is 877. The van der Waals surface area contributed by atoms with Crippen LogP contribution in [-0.2, 0) is 0 Å². The standard InChI is InChI=1S/C22H25N3O2S/c26-21(20-19(9-11-28-20)15-6-7-15)23-12-18-14-25(17-8-10-24(18)13-17)22(27)16-4-2-1-3-5-16/h1-5,9,11,15,17-18H,6-8,10,12-14H2,(H,23,26). The second-order valence-electron chi connectivity index (χ2n) is 8.10. The van der Waals surface area contributed by atoms with E-state index in [0.717, 1.165) is 30.0 Å². The van der Waals surface area contributed by atoms with Crippen LogP contribution in [0.4, 0.5) is 0 Å². The van der Waals surface area contributed by atoms with E-state index in [1.165, 1.54) is 29.7 Å². The quantitative estimate of drug-likeness (QED) is 0.847. The molecular weight excluding hydrogens is 370 g/mol. The largest absolute Gasteiger partial charge is 0.350 e. The molecule has 5 rings (SSSR count). The molecular formula is C22H25N3O2S. The highest BCUT2D eigenvalue weighted by Crippen LogP contribution is 2.43. The molecule has 2 aliphatic heterocycles. The Kier molecular flexibility index (Phi) is 4.69. The minimum Gasteiger partial charge on any atom is -0.350 e. The first-order valence-electron chi connectivity index (χ1n) is 10.2. The van der Waals surface area contributed by atoms with Crippen molar-refractivity contribution in [1.82, 2.24) is 15.1 Å². The lowest BCUT2D eigenvalue weighted by atomic mass is 10.1. The number of nitrogens with zero attached hydrogens (tertiary/aromatic N) is 2. The van der Waals surface area contributed by atoms with Crippen molar-refractivity contribution in [3.8, 4) is 0 Å². The van der Waals surface area contributed by atoms with Gasteiger partial charge in [0.15, 0.2) is 0 Å². The fraction of sp³-hybridized carbons (Fsp3) is 0.455. The fourth-order valence-corrected chi connectivity index (χ4v) is 5.45. The molecule has 0 spiro atoms. The van der Waals surface area contributed by atoms with E-state index in [0.29, 0.717) is 25.0 Å². The third kappa shape index (κ3) is 3.35. The molecule has 28 heavy (non-hydrogen) atoms. The molecule has 2 aromatic rings. The van der Waals surface area contributed by atoms with Gasteiger partial charge in [-0.2, -0.15) is 0 Å². The van der Waals surface area contributed by atoms with E-state index >= 15 is 0 Å². The molecule has 1 aliphatic carbocycles. The predicted octanol–water partition coefficient (Wildman–Crippen LogP) is 2.95. The third-order valence-electron chi connectivity index (χ3n) is 6.26. The van der Waals surface area contributed by atoms with Gasteiger partial charge in [0.1, 0.15) is 0 Å². The molecule has 2 saturated heterocycles. The fourth-order valence-electron chi connectivity index (χ4n) is 4.54. The number of fused-ring (bicyclic) bond motifs is 2. The van der Waals surface area contributed by atoms with Crippen molar-refractivity contribution in [2.75, 3.05) is 26.2 Å². The number of carbonyl (C=O) groups excluding carboxylic acids is 2. The molecule has 0 radical (unpaired) electrons. The zero-order valence-corrected chi connectivity index (χ0v) is 16.7. The zero-order valence-electron chi connectivity index (χ0n) is 15.8. The van der Waals surface area contributed by atoms with Gasteiger partial charge in [-0.05, 0) is 54.3 Å². The van der Waals surface area contributed by atoms with Crippen molar-refractivity contribution >= 4 is 23.2 Å². The molecule has 3 atom stereocenters. The number of nitrogens with one attached hydrogen (secondary N) is 1. The molecule has 5 nitrogen and oxygen atoms in total. The van der Waals surface area contributed by atoms with E-state index < -0.39 is 0 Å². The van der Waals surface area contributed by atoms with Crippen molar-refractivity contribution in [3.63, 3.8) is 0 Å². The molecule has 3 unspecified atom stereocenters. The molecule has 3 fully saturated rings. The van der Waals surface area contributed by atoms with Gasteiger partial charge in [0, 0.05) is 43.8 Å².